The van der Waals surface area contributed by atoms with Crippen LogP contribution in [0.3, 0.4) is 0 Å². The second-order valence-corrected chi connectivity index (χ2v) is 4.73. The van der Waals surface area contributed by atoms with Crippen molar-refractivity contribution in [3.05, 3.63) is 28.5 Å². The normalized spacial score (nSPS) is 12.2. The summed E-state index contributed by atoms with van der Waals surface area (Å²) in [6.07, 6.45) is 2.73. The van der Waals surface area contributed by atoms with Gasteiger partial charge in [-0.25, -0.2) is 4.79 Å². The topological polar surface area (TPSA) is 109 Å². The number of nitrogens with two attached hydrogens (primary N) is 1. The van der Waals surface area contributed by atoms with E-state index in [1.807, 2.05) is 17.5 Å². The third-order valence-electron chi connectivity index (χ3n) is 2.24. The summed E-state index contributed by atoms with van der Waals surface area (Å²) in [5.74, 6) is -2.32. The summed E-state index contributed by atoms with van der Waals surface area (Å²) < 4.78 is 0. The van der Waals surface area contributed by atoms with Crippen LogP contribution >= 0.6 is 11.3 Å². The second kappa shape index (κ2) is 7.32. The van der Waals surface area contributed by atoms with E-state index in [9.17, 15) is 14.4 Å². The Morgan fingerprint density at radius 1 is 1.47 bits per heavy atom. The maximum absolute atomic E-state index is 11.5. The van der Waals surface area contributed by atoms with E-state index in [4.69, 9.17) is 10.8 Å². The highest BCUT2D eigenvalue weighted by atomic mass is 32.1. The van der Waals surface area contributed by atoms with E-state index in [0.29, 0.717) is 0 Å². The van der Waals surface area contributed by atoms with E-state index in [1.165, 1.54) is 17.4 Å². The molecule has 1 aromatic heterocycles. The van der Waals surface area contributed by atoms with Gasteiger partial charge in [0.1, 0.15) is 6.04 Å². The molecule has 0 spiro atoms. The van der Waals surface area contributed by atoms with Crippen LogP contribution in [-0.4, -0.2) is 28.9 Å². The Morgan fingerprint density at radius 2 is 2.21 bits per heavy atom. The Morgan fingerprint density at radius 3 is 2.74 bits per heavy atom. The number of rotatable bonds is 7. The first kappa shape index (κ1) is 14.9. The zero-order chi connectivity index (χ0) is 14.3. The molecular formula is C12H14N2O4S. The number of carboxylic acids is 1. The summed E-state index contributed by atoms with van der Waals surface area (Å²) in [5, 5.41) is 13.1. The number of carbonyl (C=O) groups is 3. The van der Waals surface area contributed by atoms with Gasteiger partial charge in [-0.3, -0.25) is 9.59 Å². The van der Waals surface area contributed by atoms with Gasteiger partial charge in [-0.15, -0.1) is 11.3 Å². The number of primary amides is 1. The Kier molecular flexibility index (Phi) is 5.74. The quantitative estimate of drug-likeness (QED) is 0.636. The van der Waals surface area contributed by atoms with Gasteiger partial charge in [-0.1, -0.05) is 6.07 Å². The van der Waals surface area contributed by atoms with Crippen molar-refractivity contribution in [2.24, 2.45) is 5.73 Å². The maximum Gasteiger partial charge on any atom is 0.326 e. The summed E-state index contributed by atoms with van der Waals surface area (Å²) in [6.45, 7) is 0. The SMILES string of the molecule is NC(=O)CC[C@H](NC(=O)/C=C/c1cccs1)C(=O)O. The standard InChI is InChI=1S/C12H14N2O4S/c13-10(15)5-4-9(12(17)18)14-11(16)6-3-8-2-1-7-19-8/h1-3,6-7,9H,4-5H2,(H2,13,15)(H,14,16)(H,17,18)/b6-3+/t9-/m0/s1. The Labute approximate surface area is 113 Å². The minimum Gasteiger partial charge on any atom is -0.480 e. The Bertz CT molecular complexity index is 482. The molecular weight excluding hydrogens is 268 g/mol. The zero-order valence-electron chi connectivity index (χ0n) is 10.0. The summed E-state index contributed by atoms with van der Waals surface area (Å²) >= 11 is 1.46. The smallest absolute Gasteiger partial charge is 0.326 e. The van der Waals surface area contributed by atoms with Gasteiger partial charge < -0.3 is 16.2 Å². The van der Waals surface area contributed by atoms with Crippen LogP contribution in [0.15, 0.2) is 23.6 Å². The number of hydrogen-bond donors (Lipinski definition) is 3. The van der Waals surface area contributed by atoms with Crippen LogP contribution in [0.5, 0.6) is 0 Å². The third-order valence-corrected chi connectivity index (χ3v) is 3.07. The van der Waals surface area contributed by atoms with Gasteiger partial charge in [0.25, 0.3) is 0 Å². The third kappa shape index (κ3) is 5.82. The van der Waals surface area contributed by atoms with E-state index in [2.05, 4.69) is 5.32 Å². The van der Waals surface area contributed by atoms with Crippen molar-refractivity contribution < 1.29 is 19.5 Å². The molecule has 19 heavy (non-hydrogen) atoms. The predicted molar refractivity (Wildman–Crippen MR) is 71.3 cm³/mol. The molecule has 0 saturated heterocycles. The molecule has 0 aromatic carbocycles. The highest BCUT2D eigenvalue weighted by Gasteiger charge is 2.19. The van der Waals surface area contributed by atoms with Crippen molar-refractivity contribution in [3.63, 3.8) is 0 Å². The van der Waals surface area contributed by atoms with Gasteiger partial charge in [0.15, 0.2) is 0 Å². The fraction of sp³-hybridized carbons (Fsp3) is 0.250. The number of thiophene rings is 1. The van der Waals surface area contributed by atoms with Gasteiger partial charge in [0.05, 0.1) is 0 Å². The van der Waals surface area contributed by atoms with Crippen molar-refractivity contribution in [1.82, 2.24) is 5.32 Å². The first-order valence-electron chi connectivity index (χ1n) is 5.52. The van der Waals surface area contributed by atoms with Crippen molar-refractivity contribution in [1.29, 1.82) is 0 Å². The van der Waals surface area contributed by atoms with E-state index in [0.717, 1.165) is 4.88 Å². The molecule has 6 nitrogen and oxygen atoms in total. The molecule has 0 unspecified atom stereocenters. The average Bonchev–Trinajstić information content (AvgIpc) is 2.84. The molecule has 0 bridgehead atoms. The minimum atomic E-state index is -1.20. The van der Waals surface area contributed by atoms with Crippen molar-refractivity contribution >= 4 is 35.2 Å². The first-order valence-corrected chi connectivity index (χ1v) is 6.40. The van der Waals surface area contributed by atoms with Crippen molar-refractivity contribution in [3.8, 4) is 0 Å². The fourth-order valence-electron chi connectivity index (χ4n) is 1.31. The largest absolute Gasteiger partial charge is 0.480 e. The molecule has 1 heterocycles. The molecule has 1 aromatic rings. The fourth-order valence-corrected chi connectivity index (χ4v) is 1.93. The molecule has 4 N–H and O–H groups in total. The molecule has 0 radical (unpaired) electrons. The molecule has 0 saturated carbocycles. The summed E-state index contributed by atoms with van der Waals surface area (Å²) in [6, 6.07) is 2.55. The van der Waals surface area contributed by atoms with Gasteiger partial charge in [0, 0.05) is 17.4 Å². The summed E-state index contributed by atoms with van der Waals surface area (Å²) in [4.78, 5) is 33.9. The lowest BCUT2D eigenvalue weighted by molar-refractivity contribution is -0.141. The highest BCUT2D eigenvalue weighted by molar-refractivity contribution is 7.10. The van der Waals surface area contributed by atoms with Crippen LogP contribution in [0.4, 0.5) is 0 Å². The molecule has 7 heteroatoms. The monoisotopic (exact) mass is 282 g/mol. The molecule has 1 rings (SSSR count). The van der Waals surface area contributed by atoms with Crippen LogP contribution in [0.2, 0.25) is 0 Å². The molecule has 0 aliphatic heterocycles. The van der Waals surface area contributed by atoms with Gasteiger partial charge in [0.2, 0.25) is 11.8 Å². The number of nitrogens with one attached hydrogen (secondary N) is 1. The molecule has 0 aliphatic carbocycles. The average molecular weight is 282 g/mol. The summed E-state index contributed by atoms with van der Waals surface area (Å²) in [5.41, 5.74) is 4.94. The van der Waals surface area contributed by atoms with Crippen LogP contribution in [0.25, 0.3) is 6.08 Å². The van der Waals surface area contributed by atoms with Crippen LogP contribution in [0.1, 0.15) is 17.7 Å². The lowest BCUT2D eigenvalue weighted by atomic mass is 10.1. The number of carboxylic acid groups (broad SMARTS) is 1. The molecule has 1 atom stereocenters. The van der Waals surface area contributed by atoms with E-state index in [-0.39, 0.29) is 12.8 Å². The number of hydrogen-bond acceptors (Lipinski definition) is 4. The summed E-state index contributed by atoms with van der Waals surface area (Å²) in [7, 11) is 0. The van der Waals surface area contributed by atoms with Crippen molar-refractivity contribution in [2.75, 3.05) is 0 Å². The Hall–Kier alpha value is -2.15. The van der Waals surface area contributed by atoms with Crippen LogP contribution < -0.4 is 11.1 Å². The van der Waals surface area contributed by atoms with Crippen LogP contribution in [-0.2, 0) is 14.4 Å². The first-order chi connectivity index (χ1) is 8.99. The van der Waals surface area contributed by atoms with Gasteiger partial charge in [-0.05, 0) is 23.9 Å². The molecule has 102 valence electrons. The maximum atomic E-state index is 11.5. The molecule has 2 amide bonds. The highest BCUT2D eigenvalue weighted by Crippen LogP contribution is 2.10. The zero-order valence-corrected chi connectivity index (χ0v) is 10.9. The number of amides is 2. The van der Waals surface area contributed by atoms with Crippen LogP contribution in [0, 0.1) is 0 Å². The second-order valence-electron chi connectivity index (χ2n) is 3.75. The molecule has 0 aliphatic rings. The van der Waals surface area contributed by atoms with Gasteiger partial charge >= 0.3 is 5.97 Å². The van der Waals surface area contributed by atoms with E-state index < -0.39 is 23.8 Å². The number of aliphatic carboxylic acids is 1. The van der Waals surface area contributed by atoms with E-state index >= 15 is 0 Å². The lowest BCUT2D eigenvalue weighted by Crippen LogP contribution is -2.40. The Balaban J connectivity index is 2.51. The lowest BCUT2D eigenvalue weighted by Gasteiger charge is -2.11. The van der Waals surface area contributed by atoms with E-state index in [1.54, 1.807) is 6.08 Å². The minimum absolute atomic E-state index is 0.0246. The van der Waals surface area contributed by atoms with Gasteiger partial charge in [-0.2, -0.15) is 0 Å². The molecule has 0 fully saturated rings. The number of carbonyl (C=O) groups excluding carboxylic acids is 2. The van der Waals surface area contributed by atoms with Crippen molar-refractivity contribution in [2.45, 2.75) is 18.9 Å². The predicted octanol–water partition coefficient (Wildman–Crippen LogP) is 0.596.